The molecule has 3 aromatic rings. The number of para-hydroxylation sites is 1. The number of hydrogen-bond donors (Lipinski definition) is 0. The van der Waals surface area contributed by atoms with E-state index >= 15 is 0 Å². The van der Waals surface area contributed by atoms with Gasteiger partial charge >= 0.3 is 6.09 Å². The van der Waals surface area contributed by atoms with E-state index in [9.17, 15) is 9.18 Å². The molecule has 1 fully saturated rings. The van der Waals surface area contributed by atoms with Crippen LogP contribution in [0.4, 0.5) is 9.18 Å². The summed E-state index contributed by atoms with van der Waals surface area (Å²) in [6.07, 6.45) is -0.277. The number of piperazine rings is 1. The molecule has 1 aromatic heterocycles. The molecule has 7 nitrogen and oxygen atoms in total. The summed E-state index contributed by atoms with van der Waals surface area (Å²) in [4.78, 5) is 15.8. The molecule has 0 saturated carbocycles. The minimum Gasteiger partial charge on any atom is -0.450 e. The molecule has 1 saturated heterocycles. The molecular formula is C22H24FN5O2S. The van der Waals surface area contributed by atoms with Crippen LogP contribution < -0.4 is 0 Å². The molecule has 0 bridgehead atoms. The molecule has 162 valence electrons. The van der Waals surface area contributed by atoms with Gasteiger partial charge in [-0.15, -0.1) is 5.10 Å². The first-order chi connectivity index (χ1) is 15.1. The standard InChI is InChI=1S/C22H24FN5O2S/c1-2-30-22(29)26-13-11-25(12-14-26)16-27-21(31)28(19-9-4-3-5-10-19)20(24-27)17-7-6-8-18(23)15-17/h3-10,15H,2,11-14,16H2,1H3. The summed E-state index contributed by atoms with van der Waals surface area (Å²) in [5, 5.41) is 4.74. The van der Waals surface area contributed by atoms with Gasteiger partial charge in [0.05, 0.1) is 13.3 Å². The van der Waals surface area contributed by atoms with Crippen molar-refractivity contribution in [1.82, 2.24) is 24.1 Å². The first kappa shape index (κ1) is 21.2. The molecule has 1 amide bonds. The van der Waals surface area contributed by atoms with Crippen LogP contribution in [0, 0.1) is 10.6 Å². The second kappa shape index (κ2) is 9.40. The number of rotatable bonds is 5. The second-order valence-electron chi connectivity index (χ2n) is 7.23. The fourth-order valence-electron chi connectivity index (χ4n) is 3.60. The van der Waals surface area contributed by atoms with Crippen molar-refractivity contribution in [3.05, 3.63) is 65.2 Å². The fourth-order valence-corrected chi connectivity index (χ4v) is 3.89. The smallest absolute Gasteiger partial charge is 0.409 e. The number of carbonyl (C=O) groups excluding carboxylic acids is 1. The van der Waals surface area contributed by atoms with Crippen molar-refractivity contribution >= 4 is 18.3 Å². The fraction of sp³-hybridized carbons (Fsp3) is 0.318. The van der Waals surface area contributed by atoms with Gasteiger partial charge in [-0.05, 0) is 43.4 Å². The van der Waals surface area contributed by atoms with E-state index in [2.05, 4.69) is 4.90 Å². The number of benzene rings is 2. The number of carbonyl (C=O) groups is 1. The third kappa shape index (κ3) is 4.67. The Bertz CT molecular complexity index is 1110. The van der Waals surface area contributed by atoms with Gasteiger partial charge in [-0.3, -0.25) is 9.47 Å². The van der Waals surface area contributed by atoms with Gasteiger partial charge in [0, 0.05) is 37.4 Å². The summed E-state index contributed by atoms with van der Waals surface area (Å²) in [5.41, 5.74) is 1.52. The number of nitrogens with zero attached hydrogens (tertiary/aromatic N) is 5. The Labute approximate surface area is 185 Å². The van der Waals surface area contributed by atoms with Gasteiger partial charge in [0.15, 0.2) is 5.82 Å². The van der Waals surface area contributed by atoms with E-state index in [1.54, 1.807) is 22.6 Å². The van der Waals surface area contributed by atoms with E-state index in [1.807, 2.05) is 41.0 Å². The number of ether oxygens (including phenoxy) is 1. The first-order valence-electron chi connectivity index (χ1n) is 10.2. The van der Waals surface area contributed by atoms with E-state index in [0.29, 0.717) is 55.6 Å². The molecule has 0 aliphatic carbocycles. The Hall–Kier alpha value is -3.04. The molecule has 9 heteroatoms. The summed E-state index contributed by atoms with van der Waals surface area (Å²) in [6.45, 7) is 5.20. The monoisotopic (exact) mass is 441 g/mol. The van der Waals surface area contributed by atoms with E-state index in [0.717, 1.165) is 5.69 Å². The Morgan fingerprint density at radius 2 is 1.84 bits per heavy atom. The first-order valence-corrected chi connectivity index (χ1v) is 10.6. The zero-order chi connectivity index (χ0) is 21.8. The highest BCUT2D eigenvalue weighted by Gasteiger charge is 2.23. The van der Waals surface area contributed by atoms with E-state index in [-0.39, 0.29) is 11.9 Å². The summed E-state index contributed by atoms with van der Waals surface area (Å²) >= 11 is 5.75. The molecule has 1 aliphatic rings. The topological polar surface area (TPSA) is 55.5 Å². The largest absolute Gasteiger partial charge is 0.450 e. The van der Waals surface area contributed by atoms with Crippen molar-refractivity contribution in [2.24, 2.45) is 0 Å². The average Bonchev–Trinajstić information content (AvgIpc) is 3.11. The highest BCUT2D eigenvalue weighted by Crippen LogP contribution is 2.23. The maximum absolute atomic E-state index is 13.9. The Kier molecular flexibility index (Phi) is 6.43. The highest BCUT2D eigenvalue weighted by molar-refractivity contribution is 7.71. The zero-order valence-corrected chi connectivity index (χ0v) is 18.1. The van der Waals surface area contributed by atoms with Gasteiger partial charge in [-0.1, -0.05) is 30.3 Å². The number of aromatic nitrogens is 3. The average molecular weight is 442 g/mol. The lowest BCUT2D eigenvalue weighted by molar-refractivity contribution is 0.0691. The lowest BCUT2D eigenvalue weighted by Gasteiger charge is -2.33. The molecule has 0 unspecified atom stereocenters. The van der Waals surface area contributed by atoms with Crippen LogP contribution in [-0.4, -0.2) is 63.0 Å². The van der Waals surface area contributed by atoms with Crippen LogP contribution in [-0.2, 0) is 11.4 Å². The Balaban J connectivity index is 1.61. The van der Waals surface area contributed by atoms with Crippen molar-refractivity contribution in [3.63, 3.8) is 0 Å². The van der Waals surface area contributed by atoms with Crippen molar-refractivity contribution in [3.8, 4) is 17.1 Å². The van der Waals surface area contributed by atoms with Crippen LogP contribution in [0.25, 0.3) is 17.1 Å². The van der Waals surface area contributed by atoms with E-state index < -0.39 is 0 Å². The summed E-state index contributed by atoms with van der Waals surface area (Å²) in [5.74, 6) is 0.258. The number of halogens is 1. The molecule has 0 spiro atoms. The molecule has 2 heterocycles. The summed E-state index contributed by atoms with van der Waals surface area (Å²) in [6, 6.07) is 16.0. The third-order valence-corrected chi connectivity index (χ3v) is 5.56. The predicted octanol–water partition coefficient (Wildman–Crippen LogP) is 3.94. The van der Waals surface area contributed by atoms with Crippen LogP contribution in [0.1, 0.15) is 6.92 Å². The normalized spacial score (nSPS) is 14.6. The lowest BCUT2D eigenvalue weighted by atomic mass is 10.2. The predicted molar refractivity (Wildman–Crippen MR) is 118 cm³/mol. The lowest BCUT2D eigenvalue weighted by Crippen LogP contribution is -2.49. The highest BCUT2D eigenvalue weighted by atomic mass is 32.1. The number of hydrogen-bond acceptors (Lipinski definition) is 5. The maximum atomic E-state index is 13.9. The SMILES string of the molecule is CCOC(=O)N1CCN(Cn2nc(-c3cccc(F)c3)n(-c3ccccc3)c2=S)CC1. The molecule has 1 aliphatic heterocycles. The summed E-state index contributed by atoms with van der Waals surface area (Å²) in [7, 11) is 0. The third-order valence-electron chi connectivity index (χ3n) is 5.17. The van der Waals surface area contributed by atoms with Crippen molar-refractivity contribution in [2.45, 2.75) is 13.6 Å². The van der Waals surface area contributed by atoms with Crippen molar-refractivity contribution in [1.29, 1.82) is 0 Å². The van der Waals surface area contributed by atoms with E-state index in [1.165, 1.54) is 12.1 Å². The minimum atomic E-state index is -0.326. The van der Waals surface area contributed by atoms with Gasteiger partial charge in [-0.2, -0.15) is 0 Å². The van der Waals surface area contributed by atoms with Crippen LogP contribution in [0.3, 0.4) is 0 Å². The van der Waals surface area contributed by atoms with Crippen LogP contribution in [0.5, 0.6) is 0 Å². The molecule has 0 N–H and O–H groups in total. The molecule has 2 aromatic carbocycles. The molecule has 0 radical (unpaired) electrons. The number of amides is 1. The van der Waals surface area contributed by atoms with Crippen LogP contribution >= 0.6 is 12.2 Å². The molecule has 31 heavy (non-hydrogen) atoms. The van der Waals surface area contributed by atoms with Crippen molar-refractivity contribution in [2.75, 3.05) is 32.8 Å². The maximum Gasteiger partial charge on any atom is 0.409 e. The molecular weight excluding hydrogens is 417 g/mol. The van der Waals surface area contributed by atoms with Gasteiger partial charge in [0.1, 0.15) is 5.82 Å². The van der Waals surface area contributed by atoms with Crippen molar-refractivity contribution < 1.29 is 13.9 Å². The quantitative estimate of drug-likeness (QED) is 0.562. The minimum absolute atomic E-state index is 0.277. The Morgan fingerprint density at radius 1 is 1.10 bits per heavy atom. The van der Waals surface area contributed by atoms with Gasteiger partial charge in [0.2, 0.25) is 4.77 Å². The zero-order valence-electron chi connectivity index (χ0n) is 17.3. The van der Waals surface area contributed by atoms with Crippen LogP contribution in [0.2, 0.25) is 0 Å². The molecule has 0 atom stereocenters. The molecule has 4 rings (SSSR count). The summed E-state index contributed by atoms with van der Waals surface area (Å²) < 4.78 is 23.1. The van der Waals surface area contributed by atoms with Gasteiger partial charge in [-0.25, -0.2) is 13.9 Å². The van der Waals surface area contributed by atoms with Gasteiger partial charge in [0.25, 0.3) is 0 Å². The van der Waals surface area contributed by atoms with Gasteiger partial charge < -0.3 is 9.64 Å². The Morgan fingerprint density at radius 3 is 2.52 bits per heavy atom. The van der Waals surface area contributed by atoms with E-state index in [4.69, 9.17) is 22.1 Å². The van der Waals surface area contributed by atoms with Crippen LogP contribution in [0.15, 0.2) is 54.6 Å². The second-order valence-corrected chi connectivity index (χ2v) is 7.60.